The maximum atomic E-state index is 12.9. The summed E-state index contributed by atoms with van der Waals surface area (Å²) in [7, 11) is -3.87. The number of hydrogen-bond donors (Lipinski definition) is 4. The van der Waals surface area contributed by atoms with E-state index in [1.165, 1.54) is 30.3 Å². The fourth-order valence-electron chi connectivity index (χ4n) is 3.14. The van der Waals surface area contributed by atoms with E-state index >= 15 is 0 Å². The molecule has 1 saturated heterocycles. The van der Waals surface area contributed by atoms with Crippen molar-refractivity contribution >= 4 is 73.8 Å². The zero-order valence-electron chi connectivity index (χ0n) is 18.7. The van der Waals surface area contributed by atoms with Crippen LogP contribution in [0.1, 0.15) is 12.0 Å². The molecular formula is C22H19N3O9S3. The van der Waals surface area contributed by atoms with E-state index in [0.717, 1.165) is 16.7 Å². The molecule has 1 aliphatic heterocycles. The van der Waals surface area contributed by atoms with E-state index in [9.17, 15) is 32.7 Å². The Bertz CT molecular complexity index is 1410. The van der Waals surface area contributed by atoms with Crippen molar-refractivity contribution in [1.82, 2.24) is 4.90 Å². The highest BCUT2D eigenvalue weighted by Crippen LogP contribution is 2.36. The smallest absolute Gasteiger partial charge is 0.327 e. The largest absolute Gasteiger partial charge is 0.483 e. The fourth-order valence-corrected chi connectivity index (χ4v) is 5.01. The van der Waals surface area contributed by atoms with Gasteiger partial charge in [0.1, 0.15) is 16.1 Å². The Kier molecular flexibility index (Phi) is 8.65. The monoisotopic (exact) mass is 565 g/mol. The van der Waals surface area contributed by atoms with Crippen LogP contribution in [-0.2, 0) is 29.2 Å². The highest BCUT2D eigenvalue weighted by Gasteiger charge is 2.41. The highest BCUT2D eigenvalue weighted by molar-refractivity contribution is 8.26. The van der Waals surface area contributed by atoms with Crippen LogP contribution in [0, 0.1) is 0 Å². The highest BCUT2D eigenvalue weighted by atomic mass is 32.2. The van der Waals surface area contributed by atoms with E-state index in [2.05, 4.69) is 5.32 Å². The molecule has 2 aromatic rings. The van der Waals surface area contributed by atoms with Crippen LogP contribution in [0.4, 0.5) is 5.69 Å². The number of benzene rings is 2. The number of hydrogen-bond acceptors (Lipinski definition) is 9. The van der Waals surface area contributed by atoms with E-state index in [1.54, 1.807) is 24.3 Å². The molecule has 1 unspecified atom stereocenters. The second kappa shape index (κ2) is 11.5. The first kappa shape index (κ1) is 27.8. The molecule has 12 nitrogen and oxygen atoms in total. The number of carbonyl (C=O) groups is 4. The van der Waals surface area contributed by atoms with Crippen LogP contribution < -0.4 is 15.2 Å². The van der Waals surface area contributed by atoms with Gasteiger partial charge in [-0.1, -0.05) is 42.2 Å². The van der Waals surface area contributed by atoms with Gasteiger partial charge in [0.15, 0.2) is 6.61 Å². The summed E-state index contributed by atoms with van der Waals surface area (Å²) in [5.41, 5.74) is 0.700. The Morgan fingerprint density at radius 2 is 1.78 bits per heavy atom. The van der Waals surface area contributed by atoms with Gasteiger partial charge in [0.05, 0.1) is 16.2 Å². The summed E-state index contributed by atoms with van der Waals surface area (Å²) < 4.78 is 28.1. The number of anilines is 1. The molecule has 0 aromatic heterocycles. The molecular weight excluding hydrogens is 546 g/mol. The van der Waals surface area contributed by atoms with Crippen molar-refractivity contribution in [2.45, 2.75) is 17.4 Å². The van der Waals surface area contributed by atoms with Crippen LogP contribution in [0.25, 0.3) is 6.08 Å². The summed E-state index contributed by atoms with van der Waals surface area (Å²) in [6.45, 7) is -0.428. The van der Waals surface area contributed by atoms with Crippen molar-refractivity contribution in [2.24, 2.45) is 5.14 Å². The van der Waals surface area contributed by atoms with Crippen LogP contribution in [-0.4, -0.2) is 64.3 Å². The molecule has 0 saturated carbocycles. The number of aliphatic carboxylic acids is 2. The lowest BCUT2D eigenvalue weighted by Crippen LogP contribution is -2.45. The number of nitrogens with two attached hydrogens (primary N) is 1. The number of carboxylic acid groups (broad SMARTS) is 2. The van der Waals surface area contributed by atoms with Gasteiger partial charge in [0.25, 0.3) is 11.8 Å². The Morgan fingerprint density at radius 3 is 2.38 bits per heavy atom. The van der Waals surface area contributed by atoms with Gasteiger partial charge in [-0.15, -0.1) is 0 Å². The molecule has 0 radical (unpaired) electrons. The lowest BCUT2D eigenvalue weighted by atomic mass is 10.1. The zero-order valence-corrected chi connectivity index (χ0v) is 21.1. The van der Waals surface area contributed by atoms with Crippen molar-refractivity contribution < 1.29 is 42.5 Å². The normalized spacial score (nSPS) is 15.5. The molecule has 1 fully saturated rings. The molecule has 1 heterocycles. The maximum absolute atomic E-state index is 12.9. The molecule has 1 aliphatic rings. The van der Waals surface area contributed by atoms with E-state index in [1.807, 2.05) is 0 Å². The van der Waals surface area contributed by atoms with Gasteiger partial charge in [-0.2, -0.15) is 0 Å². The summed E-state index contributed by atoms with van der Waals surface area (Å²) in [5, 5.41) is 26.0. The first-order valence-corrected chi connectivity index (χ1v) is 13.0. The molecule has 3 rings (SSSR count). The van der Waals surface area contributed by atoms with Gasteiger partial charge in [-0.05, 0) is 36.4 Å². The Hall–Kier alpha value is -3.79. The number of primary sulfonamides is 1. The van der Waals surface area contributed by atoms with Gasteiger partial charge in [-0.25, -0.2) is 18.4 Å². The fraction of sp³-hybridized carbons (Fsp3) is 0.136. The zero-order chi connectivity index (χ0) is 27.3. The number of sulfonamides is 1. The van der Waals surface area contributed by atoms with Crippen molar-refractivity contribution in [3.63, 3.8) is 0 Å². The van der Waals surface area contributed by atoms with Crippen LogP contribution >= 0.6 is 24.0 Å². The Balaban J connectivity index is 1.72. The SMILES string of the molecule is NS(=O)(=O)c1ccc(NC(=O)COc2ccccc2/C=C2\SC(=S)N(C(CC(=O)O)C(=O)O)C2=O)cc1. The minimum Gasteiger partial charge on any atom is -0.483 e. The van der Waals surface area contributed by atoms with Crippen molar-refractivity contribution in [1.29, 1.82) is 0 Å². The topological polar surface area (TPSA) is 193 Å². The summed E-state index contributed by atoms with van der Waals surface area (Å²) >= 11 is 5.93. The molecule has 0 spiro atoms. The summed E-state index contributed by atoms with van der Waals surface area (Å²) in [5.74, 6) is -3.99. The first-order chi connectivity index (χ1) is 17.4. The van der Waals surface area contributed by atoms with Gasteiger partial charge in [0.2, 0.25) is 10.0 Å². The van der Waals surface area contributed by atoms with Crippen LogP contribution in [0.2, 0.25) is 0 Å². The number of nitrogens with one attached hydrogen (secondary N) is 1. The number of para-hydroxylation sites is 1. The molecule has 194 valence electrons. The molecule has 0 aliphatic carbocycles. The van der Waals surface area contributed by atoms with Crippen LogP contribution in [0.5, 0.6) is 5.75 Å². The predicted molar refractivity (Wildman–Crippen MR) is 137 cm³/mol. The first-order valence-electron chi connectivity index (χ1n) is 10.2. The number of amides is 2. The summed E-state index contributed by atoms with van der Waals surface area (Å²) in [4.78, 5) is 48.4. The van der Waals surface area contributed by atoms with Gasteiger partial charge in [0, 0.05) is 11.3 Å². The molecule has 15 heteroatoms. The minimum atomic E-state index is -3.87. The predicted octanol–water partition coefficient (Wildman–Crippen LogP) is 1.48. The second-order valence-corrected chi connectivity index (χ2v) is 10.7. The minimum absolute atomic E-state index is 0.0529. The lowest BCUT2D eigenvalue weighted by molar-refractivity contribution is -0.150. The van der Waals surface area contributed by atoms with Gasteiger partial charge >= 0.3 is 11.9 Å². The maximum Gasteiger partial charge on any atom is 0.327 e. The standard InChI is InChI=1S/C22H19N3O9S3/c23-37(32,33)14-7-5-13(6-8-14)24-18(26)11-34-16-4-2-1-3-12(16)9-17-20(29)25(22(35)36-17)15(21(30)31)10-19(27)28/h1-9,15H,10-11H2,(H,24,26)(H,27,28)(H,30,31)(H2,23,32,33)/b17-9-. The van der Waals surface area contributed by atoms with Crippen LogP contribution in [0.15, 0.2) is 58.3 Å². The van der Waals surface area contributed by atoms with E-state index in [4.69, 9.17) is 27.2 Å². The number of ether oxygens (including phenoxy) is 1. The average Bonchev–Trinajstić information content (AvgIpc) is 3.09. The third kappa shape index (κ3) is 7.13. The lowest BCUT2D eigenvalue weighted by Gasteiger charge is -2.21. The van der Waals surface area contributed by atoms with Crippen molar-refractivity contribution in [3.8, 4) is 5.75 Å². The third-order valence-corrected chi connectivity index (χ3v) is 7.08. The van der Waals surface area contributed by atoms with Gasteiger partial charge in [-0.3, -0.25) is 19.3 Å². The average molecular weight is 566 g/mol. The van der Waals surface area contributed by atoms with Gasteiger partial charge < -0.3 is 20.3 Å². The second-order valence-electron chi connectivity index (χ2n) is 7.45. The quantitative estimate of drug-likeness (QED) is 0.241. The molecule has 2 aromatic carbocycles. The Labute approximate surface area is 220 Å². The van der Waals surface area contributed by atoms with Crippen LogP contribution in [0.3, 0.4) is 0 Å². The van der Waals surface area contributed by atoms with E-state index in [-0.39, 0.29) is 19.9 Å². The number of thiocarbonyl (C=S) groups is 1. The number of nitrogens with zero attached hydrogens (tertiary/aromatic N) is 1. The number of carboxylic acids is 2. The Morgan fingerprint density at radius 1 is 1.14 bits per heavy atom. The van der Waals surface area contributed by atoms with Crippen molar-refractivity contribution in [2.75, 3.05) is 11.9 Å². The number of carbonyl (C=O) groups excluding carboxylic acids is 2. The van der Waals surface area contributed by atoms with Crippen molar-refractivity contribution in [3.05, 3.63) is 59.0 Å². The summed E-state index contributed by atoms with van der Waals surface area (Å²) in [6.07, 6.45) is 0.576. The molecule has 1 atom stereocenters. The number of thioether (sulfide) groups is 1. The molecule has 37 heavy (non-hydrogen) atoms. The molecule has 5 N–H and O–H groups in total. The number of rotatable bonds is 10. The summed E-state index contributed by atoms with van der Waals surface area (Å²) in [6, 6.07) is 9.97. The van der Waals surface area contributed by atoms with E-state index < -0.39 is 52.8 Å². The van der Waals surface area contributed by atoms with E-state index in [0.29, 0.717) is 11.3 Å². The third-order valence-electron chi connectivity index (χ3n) is 4.82. The molecule has 2 amide bonds. The molecule has 0 bridgehead atoms.